The van der Waals surface area contributed by atoms with E-state index < -0.39 is 0 Å². The van der Waals surface area contributed by atoms with Crippen LogP contribution in [0.1, 0.15) is 39.5 Å². The van der Waals surface area contributed by atoms with Gasteiger partial charge in [0, 0.05) is 39.2 Å². The molecule has 0 aliphatic carbocycles. The number of nitrogens with one attached hydrogen (secondary N) is 1. The van der Waals surface area contributed by atoms with Crippen LogP contribution in [-0.4, -0.2) is 38.5 Å². The number of rotatable bonds is 7. The summed E-state index contributed by atoms with van der Waals surface area (Å²) in [5, 5.41) is 3.62. The molecule has 0 amide bonds. The third kappa shape index (κ3) is 4.09. The van der Waals surface area contributed by atoms with Gasteiger partial charge >= 0.3 is 0 Å². The summed E-state index contributed by atoms with van der Waals surface area (Å²) in [6, 6.07) is 0.355. The van der Waals surface area contributed by atoms with Crippen LogP contribution >= 0.6 is 0 Å². The molecule has 0 saturated carbocycles. The summed E-state index contributed by atoms with van der Waals surface area (Å²) in [7, 11) is 1.82. The molecule has 1 rings (SSSR count). The first kappa shape index (κ1) is 14.7. The Kier molecular flexibility index (Phi) is 6.17. The lowest BCUT2D eigenvalue weighted by molar-refractivity contribution is -0.110. The zero-order chi connectivity index (χ0) is 12.7. The zero-order valence-corrected chi connectivity index (χ0v) is 11.6. The van der Waals surface area contributed by atoms with Crippen molar-refractivity contribution in [2.45, 2.75) is 51.2 Å². The average Bonchev–Trinajstić information content (AvgIpc) is 2.35. The van der Waals surface area contributed by atoms with Gasteiger partial charge in [-0.1, -0.05) is 12.5 Å². The molecule has 1 fully saturated rings. The summed E-state index contributed by atoms with van der Waals surface area (Å²) in [6.07, 6.45) is 4.06. The molecule has 0 bridgehead atoms. The summed E-state index contributed by atoms with van der Waals surface area (Å²) in [5.41, 5.74) is 1.13. The highest BCUT2D eigenvalue weighted by atomic mass is 16.5. The molecule has 0 spiro atoms. The molecule has 1 aliphatic rings. The highest BCUT2D eigenvalue weighted by Gasteiger charge is 2.40. The van der Waals surface area contributed by atoms with E-state index in [4.69, 9.17) is 9.47 Å². The molecule has 3 nitrogen and oxygen atoms in total. The van der Waals surface area contributed by atoms with E-state index in [2.05, 4.69) is 25.7 Å². The van der Waals surface area contributed by atoms with Crippen molar-refractivity contribution in [1.82, 2.24) is 5.32 Å². The monoisotopic (exact) mass is 241 g/mol. The minimum Gasteiger partial charge on any atom is -0.381 e. The van der Waals surface area contributed by atoms with Gasteiger partial charge in [-0.15, -0.1) is 6.58 Å². The fraction of sp³-hybridized carbons (Fsp3) is 0.857. The normalized spacial score (nSPS) is 21.1. The van der Waals surface area contributed by atoms with Gasteiger partial charge in [-0.2, -0.15) is 0 Å². The molecule has 1 heterocycles. The first-order valence-electron chi connectivity index (χ1n) is 6.65. The van der Waals surface area contributed by atoms with Crippen LogP contribution < -0.4 is 5.32 Å². The minimum absolute atomic E-state index is 0.0770. The number of hydrogen-bond donors (Lipinski definition) is 1. The van der Waals surface area contributed by atoms with Crippen LogP contribution in [0.3, 0.4) is 0 Å². The van der Waals surface area contributed by atoms with Crippen molar-refractivity contribution in [3.63, 3.8) is 0 Å². The zero-order valence-electron chi connectivity index (χ0n) is 11.6. The Labute approximate surface area is 106 Å². The van der Waals surface area contributed by atoms with Crippen molar-refractivity contribution < 1.29 is 9.47 Å². The molecule has 1 N–H and O–H groups in total. The molecule has 1 aliphatic heterocycles. The van der Waals surface area contributed by atoms with Gasteiger partial charge in [0.05, 0.1) is 5.60 Å². The maximum absolute atomic E-state index is 5.86. The molecule has 100 valence electrons. The van der Waals surface area contributed by atoms with Crippen molar-refractivity contribution in [1.29, 1.82) is 0 Å². The van der Waals surface area contributed by atoms with E-state index in [1.165, 1.54) is 5.57 Å². The summed E-state index contributed by atoms with van der Waals surface area (Å²) in [4.78, 5) is 0. The van der Waals surface area contributed by atoms with E-state index in [9.17, 15) is 0 Å². The van der Waals surface area contributed by atoms with E-state index in [-0.39, 0.29) is 5.60 Å². The van der Waals surface area contributed by atoms with Crippen molar-refractivity contribution in [2.75, 3.05) is 26.9 Å². The number of ether oxygens (including phenoxy) is 2. The van der Waals surface area contributed by atoms with Crippen molar-refractivity contribution >= 4 is 0 Å². The molecule has 17 heavy (non-hydrogen) atoms. The van der Waals surface area contributed by atoms with Crippen LogP contribution in [0.15, 0.2) is 12.2 Å². The van der Waals surface area contributed by atoms with Gasteiger partial charge in [-0.3, -0.25) is 0 Å². The maximum Gasteiger partial charge on any atom is 0.0877 e. The second-order valence-electron chi connectivity index (χ2n) is 5.05. The molecular formula is C14H27NO2. The Morgan fingerprint density at radius 2 is 2.12 bits per heavy atom. The molecule has 1 unspecified atom stereocenters. The van der Waals surface area contributed by atoms with Gasteiger partial charge in [0.15, 0.2) is 0 Å². The molecular weight excluding hydrogens is 214 g/mol. The Morgan fingerprint density at radius 1 is 1.47 bits per heavy atom. The highest BCUT2D eigenvalue weighted by molar-refractivity contribution is 5.03. The fourth-order valence-electron chi connectivity index (χ4n) is 2.52. The first-order chi connectivity index (χ1) is 8.14. The largest absolute Gasteiger partial charge is 0.381 e. The van der Waals surface area contributed by atoms with Gasteiger partial charge in [-0.05, 0) is 26.3 Å². The lowest BCUT2D eigenvalue weighted by Crippen LogP contribution is -2.55. The Hall–Kier alpha value is -0.380. The van der Waals surface area contributed by atoms with E-state index in [0.29, 0.717) is 6.04 Å². The Balaban J connectivity index is 2.71. The standard InChI is InChI=1S/C14H27NO2/c1-5-8-15-13(11-12(2)3)14(16-4)6-9-17-10-7-14/h13,15H,2,5-11H2,1,3-4H3. The van der Waals surface area contributed by atoms with Gasteiger partial charge < -0.3 is 14.8 Å². The lowest BCUT2D eigenvalue weighted by atomic mass is 9.83. The molecule has 3 heteroatoms. The van der Waals surface area contributed by atoms with Crippen LogP contribution in [0.5, 0.6) is 0 Å². The van der Waals surface area contributed by atoms with Gasteiger partial charge in [0.1, 0.15) is 0 Å². The van der Waals surface area contributed by atoms with E-state index in [1.807, 2.05) is 7.11 Å². The summed E-state index contributed by atoms with van der Waals surface area (Å²) < 4.78 is 11.3. The van der Waals surface area contributed by atoms with Crippen LogP contribution in [0.25, 0.3) is 0 Å². The quantitative estimate of drug-likeness (QED) is 0.695. The highest BCUT2D eigenvalue weighted by Crippen LogP contribution is 2.31. The predicted octanol–water partition coefficient (Wildman–Crippen LogP) is 2.52. The molecule has 0 aromatic heterocycles. The maximum atomic E-state index is 5.86. The smallest absolute Gasteiger partial charge is 0.0877 e. The van der Waals surface area contributed by atoms with E-state index in [1.54, 1.807) is 0 Å². The van der Waals surface area contributed by atoms with Crippen LogP contribution in [-0.2, 0) is 9.47 Å². The second kappa shape index (κ2) is 7.14. The number of methoxy groups -OCH3 is 1. The second-order valence-corrected chi connectivity index (χ2v) is 5.05. The SMILES string of the molecule is C=C(C)CC(NCCC)C1(OC)CCOCC1. The van der Waals surface area contributed by atoms with Crippen molar-refractivity contribution in [3.8, 4) is 0 Å². The third-order valence-electron chi connectivity index (χ3n) is 3.57. The first-order valence-corrected chi connectivity index (χ1v) is 6.65. The lowest BCUT2D eigenvalue weighted by Gasteiger charge is -2.43. The predicted molar refractivity (Wildman–Crippen MR) is 71.3 cm³/mol. The Bertz CT molecular complexity index is 234. The Morgan fingerprint density at radius 3 is 2.59 bits per heavy atom. The summed E-state index contributed by atoms with van der Waals surface area (Å²) in [6.45, 7) is 10.9. The van der Waals surface area contributed by atoms with Crippen molar-refractivity contribution in [3.05, 3.63) is 12.2 Å². The third-order valence-corrected chi connectivity index (χ3v) is 3.57. The van der Waals surface area contributed by atoms with Crippen LogP contribution in [0.4, 0.5) is 0 Å². The van der Waals surface area contributed by atoms with Crippen LogP contribution in [0, 0.1) is 0 Å². The van der Waals surface area contributed by atoms with Gasteiger partial charge in [0.2, 0.25) is 0 Å². The fourth-order valence-corrected chi connectivity index (χ4v) is 2.52. The van der Waals surface area contributed by atoms with Gasteiger partial charge in [0.25, 0.3) is 0 Å². The van der Waals surface area contributed by atoms with E-state index >= 15 is 0 Å². The van der Waals surface area contributed by atoms with E-state index in [0.717, 1.165) is 45.4 Å². The van der Waals surface area contributed by atoms with Crippen LogP contribution in [0.2, 0.25) is 0 Å². The average molecular weight is 241 g/mol. The number of hydrogen-bond acceptors (Lipinski definition) is 3. The van der Waals surface area contributed by atoms with Gasteiger partial charge in [-0.25, -0.2) is 0 Å². The minimum atomic E-state index is -0.0770. The summed E-state index contributed by atoms with van der Waals surface area (Å²) in [5.74, 6) is 0. The van der Waals surface area contributed by atoms with Crippen molar-refractivity contribution in [2.24, 2.45) is 0 Å². The topological polar surface area (TPSA) is 30.5 Å². The molecule has 0 radical (unpaired) electrons. The molecule has 0 aromatic rings. The molecule has 1 atom stereocenters. The summed E-state index contributed by atoms with van der Waals surface area (Å²) >= 11 is 0. The molecule has 1 saturated heterocycles. The molecule has 0 aromatic carbocycles.